The van der Waals surface area contributed by atoms with Gasteiger partial charge in [0.15, 0.2) is 0 Å². The maximum Gasteiger partial charge on any atom is 0.119 e. The predicted octanol–water partition coefficient (Wildman–Crippen LogP) is 6.60. The van der Waals surface area contributed by atoms with E-state index in [0.29, 0.717) is 49.0 Å². The minimum atomic E-state index is -0.497. The lowest BCUT2D eigenvalue weighted by Crippen LogP contribution is -2.28. The molecule has 8 atom stereocenters. The number of aliphatic hydroxyl groups is 2. The Kier molecular flexibility index (Phi) is 11.7. The molecule has 2 aliphatic carbocycles. The lowest BCUT2D eigenvalue weighted by Gasteiger charge is -2.22. The van der Waals surface area contributed by atoms with Gasteiger partial charge in [-0.3, -0.25) is 19.6 Å². The van der Waals surface area contributed by atoms with Crippen molar-refractivity contribution < 1.29 is 19.7 Å². The van der Waals surface area contributed by atoms with Crippen LogP contribution < -0.4 is 9.47 Å². The first kappa shape index (κ1) is 37.4. The first-order valence-electron chi connectivity index (χ1n) is 20.1. The van der Waals surface area contributed by atoms with Gasteiger partial charge in [0.1, 0.15) is 11.5 Å². The molecule has 3 aromatic carbocycles. The Bertz CT molecular complexity index is 1890. The first-order chi connectivity index (χ1) is 26.8. The van der Waals surface area contributed by atoms with E-state index in [4.69, 9.17) is 9.47 Å². The second-order valence-corrected chi connectivity index (χ2v) is 16.5. The van der Waals surface area contributed by atoms with Gasteiger partial charge >= 0.3 is 0 Å². The molecule has 2 aromatic heterocycles. The fraction of sp³-hybridized carbons (Fsp3) is 0.467. The molecule has 4 unspecified atom stereocenters. The molecule has 5 aromatic rings. The third-order valence-electron chi connectivity index (χ3n) is 12.2. The van der Waals surface area contributed by atoms with Crippen LogP contribution in [0.25, 0.3) is 0 Å². The highest BCUT2D eigenvalue weighted by molar-refractivity contribution is 5.27. The van der Waals surface area contributed by atoms with E-state index in [9.17, 15) is 10.2 Å². The third-order valence-corrected chi connectivity index (χ3v) is 12.2. The SMILES string of the molecule is Cc1ccc(OC2C[C@@H]3CN(CC(O)c4cn[nH]c4)C[C@@H]3C2)cc1.Cc1ccc(OC2C[C@@H]3CN(CC(O)c4cnn(Cc5ccccc5)c4)C[C@@H]3C2)cc1. The van der Waals surface area contributed by atoms with E-state index in [1.54, 1.807) is 18.6 Å². The molecule has 10 nitrogen and oxygen atoms in total. The van der Waals surface area contributed by atoms with Gasteiger partial charge in [-0.25, -0.2) is 0 Å². The average Bonchev–Trinajstić information content (AvgIpc) is 4.03. The molecule has 0 amide bonds. The highest BCUT2D eigenvalue weighted by Crippen LogP contribution is 2.41. The zero-order valence-corrected chi connectivity index (χ0v) is 32.2. The molecule has 2 aliphatic heterocycles. The van der Waals surface area contributed by atoms with E-state index in [1.807, 2.05) is 29.1 Å². The molecule has 4 fully saturated rings. The van der Waals surface area contributed by atoms with E-state index in [2.05, 4.69) is 99.6 Å². The van der Waals surface area contributed by atoms with Gasteiger partial charge in [0.2, 0.25) is 0 Å². The van der Waals surface area contributed by atoms with Gasteiger partial charge in [-0.2, -0.15) is 10.2 Å². The highest BCUT2D eigenvalue weighted by atomic mass is 16.5. The summed E-state index contributed by atoms with van der Waals surface area (Å²) in [7, 11) is 0. The molecular weight excluding hydrogens is 689 g/mol. The fourth-order valence-electron chi connectivity index (χ4n) is 9.34. The van der Waals surface area contributed by atoms with Crippen LogP contribution in [0.1, 0.15) is 65.7 Å². The number of nitrogens with zero attached hydrogens (tertiary/aromatic N) is 5. The second kappa shape index (κ2) is 17.1. The highest BCUT2D eigenvalue weighted by Gasteiger charge is 2.43. The number of H-pyrrole nitrogens is 1. The summed E-state index contributed by atoms with van der Waals surface area (Å²) in [5, 5.41) is 32.2. The Labute approximate surface area is 325 Å². The van der Waals surface area contributed by atoms with E-state index in [-0.39, 0.29) is 0 Å². The van der Waals surface area contributed by atoms with E-state index >= 15 is 0 Å². The smallest absolute Gasteiger partial charge is 0.119 e. The quantitative estimate of drug-likeness (QED) is 0.131. The monoisotopic (exact) mass is 744 g/mol. The average molecular weight is 745 g/mol. The number of hydrogen-bond donors (Lipinski definition) is 3. The first-order valence-corrected chi connectivity index (χ1v) is 20.1. The van der Waals surface area contributed by atoms with Crippen molar-refractivity contribution in [1.82, 2.24) is 29.8 Å². The molecule has 0 radical (unpaired) electrons. The molecule has 3 N–H and O–H groups in total. The number of benzene rings is 3. The molecule has 4 heterocycles. The summed E-state index contributed by atoms with van der Waals surface area (Å²) in [5.41, 5.74) is 5.50. The zero-order chi connectivity index (χ0) is 37.7. The Morgan fingerprint density at radius 2 is 1.15 bits per heavy atom. The zero-order valence-electron chi connectivity index (χ0n) is 32.2. The van der Waals surface area contributed by atoms with Crippen molar-refractivity contribution in [1.29, 1.82) is 0 Å². The number of rotatable bonds is 12. The number of nitrogens with one attached hydrogen (secondary N) is 1. The molecule has 290 valence electrons. The van der Waals surface area contributed by atoms with Gasteiger partial charge in [0, 0.05) is 62.8 Å². The molecule has 9 rings (SSSR count). The number of aromatic nitrogens is 4. The third kappa shape index (κ3) is 9.67. The number of hydrogen-bond acceptors (Lipinski definition) is 8. The topological polar surface area (TPSA) is 112 Å². The van der Waals surface area contributed by atoms with Crippen molar-refractivity contribution in [2.75, 3.05) is 39.3 Å². The summed E-state index contributed by atoms with van der Waals surface area (Å²) in [6.07, 6.45) is 11.4. The molecule has 0 bridgehead atoms. The van der Waals surface area contributed by atoms with Crippen LogP contribution in [0.4, 0.5) is 0 Å². The molecular formula is C45H56N6O4. The van der Waals surface area contributed by atoms with Crippen LogP contribution in [0.5, 0.6) is 11.5 Å². The van der Waals surface area contributed by atoms with Gasteiger partial charge in [-0.15, -0.1) is 0 Å². The maximum atomic E-state index is 10.8. The van der Waals surface area contributed by atoms with Crippen LogP contribution in [0.2, 0.25) is 0 Å². The summed E-state index contributed by atoms with van der Waals surface area (Å²) in [4.78, 5) is 4.80. The number of aryl methyl sites for hydroxylation is 2. The molecule has 0 spiro atoms. The summed E-state index contributed by atoms with van der Waals surface area (Å²) in [5.74, 6) is 4.69. The fourth-order valence-corrected chi connectivity index (χ4v) is 9.34. The normalized spacial score (nSPS) is 25.9. The van der Waals surface area contributed by atoms with E-state index < -0.39 is 12.2 Å². The number of aliphatic hydroxyl groups excluding tert-OH is 2. The van der Waals surface area contributed by atoms with Crippen molar-refractivity contribution in [3.05, 3.63) is 131 Å². The van der Waals surface area contributed by atoms with Crippen molar-refractivity contribution in [3.8, 4) is 11.5 Å². The minimum Gasteiger partial charge on any atom is -0.490 e. The van der Waals surface area contributed by atoms with E-state index in [1.165, 1.54) is 16.7 Å². The number of fused-ring (bicyclic) bond motifs is 2. The van der Waals surface area contributed by atoms with Crippen molar-refractivity contribution >= 4 is 0 Å². The van der Waals surface area contributed by atoms with Gasteiger partial charge in [0.25, 0.3) is 0 Å². The summed E-state index contributed by atoms with van der Waals surface area (Å²) >= 11 is 0. The number of ether oxygens (including phenoxy) is 2. The van der Waals surface area contributed by atoms with Crippen LogP contribution >= 0.6 is 0 Å². The van der Waals surface area contributed by atoms with Crippen LogP contribution in [-0.2, 0) is 6.54 Å². The Balaban J connectivity index is 0.000000160. The number of likely N-dealkylation sites (tertiary alicyclic amines) is 2. The molecule has 4 aliphatic rings. The van der Waals surface area contributed by atoms with Crippen LogP contribution in [0.3, 0.4) is 0 Å². The van der Waals surface area contributed by atoms with Crippen molar-refractivity contribution in [2.45, 2.75) is 70.5 Å². The van der Waals surface area contributed by atoms with Crippen molar-refractivity contribution in [3.63, 3.8) is 0 Å². The lowest BCUT2D eigenvalue weighted by molar-refractivity contribution is 0.116. The number of β-amino-alcohol motifs (C(OH)–C–C–N with tert-alkyl or cyclic N) is 2. The van der Waals surface area contributed by atoms with Crippen LogP contribution in [0.15, 0.2) is 104 Å². The second-order valence-electron chi connectivity index (χ2n) is 16.5. The van der Waals surface area contributed by atoms with Crippen molar-refractivity contribution in [2.24, 2.45) is 23.7 Å². The lowest BCUT2D eigenvalue weighted by atomic mass is 10.0. The Morgan fingerprint density at radius 3 is 1.62 bits per heavy atom. The van der Waals surface area contributed by atoms with Crippen LogP contribution in [0, 0.1) is 37.5 Å². The van der Waals surface area contributed by atoms with Gasteiger partial charge < -0.3 is 19.7 Å². The standard InChI is InChI=1S/C26H31N3O2.C19H25N3O2/c1-19-7-9-24(10-8-19)31-25-11-21-15-28(16-22(21)12-25)18-26(30)23-13-27-29(17-23)14-20-5-3-2-4-6-20;1-13-2-4-17(5-3-13)24-18-6-14-10-22(11-15(14)7-18)12-19(23)16-8-20-21-9-16/h2-10,13,17,21-22,25-26,30H,11-12,14-16,18H2,1H3;2-5,8-9,14-15,18-19,23H,6-7,10-12H2,1H3,(H,20,21)/t21-,22+,25?,26?;14-,15+,18?,19?. The maximum absolute atomic E-state index is 10.8. The Morgan fingerprint density at radius 1 is 0.655 bits per heavy atom. The largest absolute Gasteiger partial charge is 0.490 e. The predicted molar refractivity (Wildman–Crippen MR) is 213 cm³/mol. The molecule has 55 heavy (non-hydrogen) atoms. The summed E-state index contributed by atoms with van der Waals surface area (Å²) in [6.45, 7) is 10.5. The summed E-state index contributed by atoms with van der Waals surface area (Å²) < 4.78 is 14.3. The molecule has 2 saturated heterocycles. The minimum absolute atomic E-state index is 0.320. The van der Waals surface area contributed by atoms with Gasteiger partial charge in [0.05, 0.1) is 43.4 Å². The molecule has 10 heteroatoms. The Hall–Kier alpha value is -4.48. The van der Waals surface area contributed by atoms with Gasteiger partial charge in [-0.05, 0) is 93.0 Å². The number of aromatic amines is 1. The van der Waals surface area contributed by atoms with Gasteiger partial charge in [-0.1, -0.05) is 65.7 Å². The van der Waals surface area contributed by atoms with E-state index in [0.717, 1.165) is 81.0 Å². The van der Waals surface area contributed by atoms with Crippen LogP contribution in [-0.4, -0.2) is 91.5 Å². The molecule has 2 saturated carbocycles. The summed E-state index contributed by atoms with van der Waals surface area (Å²) in [6, 6.07) is 27.0.